The fourth-order valence-corrected chi connectivity index (χ4v) is 1.18. The second kappa shape index (κ2) is 4.80. The number of hydrogen-bond acceptors (Lipinski definition) is 2. The summed E-state index contributed by atoms with van der Waals surface area (Å²) >= 11 is 0. The standard InChI is InChI=1S/C11H18N2O/c1-6-11(4,8-12)10(14)13(5)7-9(2)3/h2,6-7H2,1,3-5H3. The maximum atomic E-state index is 11.8. The zero-order chi connectivity index (χ0) is 11.4. The molecule has 1 atom stereocenters. The van der Waals surface area contributed by atoms with Crippen LogP contribution in [-0.4, -0.2) is 24.4 Å². The molecule has 0 fully saturated rings. The van der Waals surface area contributed by atoms with E-state index in [2.05, 4.69) is 12.6 Å². The second-order valence-electron chi connectivity index (χ2n) is 3.92. The molecule has 0 spiro atoms. The lowest BCUT2D eigenvalue weighted by Crippen LogP contribution is -2.39. The molecule has 0 aliphatic rings. The van der Waals surface area contributed by atoms with E-state index in [-0.39, 0.29) is 5.91 Å². The van der Waals surface area contributed by atoms with E-state index in [4.69, 9.17) is 5.26 Å². The predicted molar refractivity (Wildman–Crippen MR) is 56.5 cm³/mol. The van der Waals surface area contributed by atoms with Gasteiger partial charge in [-0.05, 0) is 20.3 Å². The van der Waals surface area contributed by atoms with Crippen LogP contribution < -0.4 is 0 Å². The number of hydrogen-bond donors (Lipinski definition) is 0. The Morgan fingerprint density at radius 1 is 1.64 bits per heavy atom. The third kappa shape index (κ3) is 2.88. The molecule has 0 aliphatic carbocycles. The molecule has 0 heterocycles. The molecule has 0 radical (unpaired) electrons. The Bertz CT molecular complexity index is 278. The van der Waals surface area contributed by atoms with Gasteiger partial charge in [-0.1, -0.05) is 19.1 Å². The molecule has 0 aromatic heterocycles. The molecule has 0 saturated heterocycles. The minimum Gasteiger partial charge on any atom is -0.340 e. The summed E-state index contributed by atoms with van der Waals surface area (Å²) in [4.78, 5) is 13.4. The van der Waals surface area contributed by atoms with Crippen molar-refractivity contribution in [2.24, 2.45) is 5.41 Å². The van der Waals surface area contributed by atoms with Gasteiger partial charge in [0.15, 0.2) is 0 Å². The van der Waals surface area contributed by atoms with Crippen LogP contribution in [0.2, 0.25) is 0 Å². The highest BCUT2D eigenvalue weighted by molar-refractivity contribution is 5.84. The monoisotopic (exact) mass is 194 g/mol. The fraction of sp³-hybridized carbons (Fsp3) is 0.636. The van der Waals surface area contributed by atoms with Gasteiger partial charge >= 0.3 is 0 Å². The molecule has 0 bridgehead atoms. The largest absolute Gasteiger partial charge is 0.340 e. The Morgan fingerprint density at radius 2 is 2.14 bits per heavy atom. The molecule has 0 aromatic rings. The molecule has 0 saturated carbocycles. The van der Waals surface area contributed by atoms with Crippen molar-refractivity contribution in [3.05, 3.63) is 12.2 Å². The van der Waals surface area contributed by atoms with E-state index < -0.39 is 5.41 Å². The highest BCUT2D eigenvalue weighted by atomic mass is 16.2. The van der Waals surface area contributed by atoms with E-state index in [0.717, 1.165) is 5.57 Å². The van der Waals surface area contributed by atoms with Gasteiger partial charge in [0.1, 0.15) is 5.41 Å². The van der Waals surface area contributed by atoms with Crippen LogP contribution >= 0.6 is 0 Å². The zero-order valence-corrected chi connectivity index (χ0v) is 9.42. The van der Waals surface area contributed by atoms with E-state index in [1.54, 1.807) is 18.9 Å². The number of carbonyl (C=O) groups is 1. The first-order chi connectivity index (χ1) is 6.37. The van der Waals surface area contributed by atoms with Crippen LogP contribution in [0.4, 0.5) is 0 Å². The molecule has 78 valence electrons. The molecule has 0 aliphatic heterocycles. The maximum absolute atomic E-state index is 11.8. The average Bonchev–Trinajstić information content (AvgIpc) is 2.14. The van der Waals surface area contributed by atoms with Crippen molar-refractivity contribution >= 4 is 5.91 Å². The Morgan fingerprint density at radius 3 is 2.43 bits per heavy atom. The summed E-state index contributed by atoms with van der Waals surface area (Å²) in [5.41, 5.74) is 0.0155. The van der Waals surface area contributed by atoms with Crippen LogP contribution in [0.5, 0.6) is 0 Å². The second-order valence-corrected chi connectivity index (χ2v) is 3.92. The number of nitrogens with zero attached hydrogens (tertiary/aromatic N) is 2. The van der Waals surface area contributed by atoms with Crippen molar-refractivity contribution in [3.8, 4) is 6.07 Å². The van der Waals surface area contributed by atoms with Crippen molar-refractivity contribution in [3.63, 3.8) is 0 Å². The van der Waals surface area contributed by atoms with Gasteiger partial charge < -0.3 is 4.90 Å². The summed E-state index contributed by atoms with van der Waals surface area (Å²) in [5, 5.41) is 8.92. The molecule has 3 heteroatoms. The Labute approximate surface area is 86.0 Å². The van der Waals surface area contributed by atoms with Crippen LogP contribution in [0, 0.1) is 16.7 Å². The summed E-state index contributed by atoms with van der Waals surface area (Å²) in [6, 6.07) is 2.06. The summed E-state index contributed by atoms with van der Waals surface area (Å²) < 4.78 is 0. The first kappa shape index (κ1) is 12.7. The molecule has 0 aromatic carbocycles. The number of amides is 1. The van der Waals surface area contributed by atoms with Gasteiger partial charge in [0, 0.05) is 13.6 Å². The normalized spacial score (nSPS) is 13.9. The van der Waals surface area contributed by atoms with Gasteiger partial charge in [-0.3, -0.25) is 4.79 Å². The summed E-state index contributed by atoms with van der Waals surface area (Å²) in [7, 11) is 1.70. The lowest BCUT2D eigenvalue weighted by molar-refractivity contribution is -0.136. The SMILES string of the molecule is C=C(C)CN(C)C(=O)C(C)(C#N)CC. The Kier molecular flexibility index (Phi) is 4.36. The van der Waals surface area contributed by atoms with Crippen molar-refractivity contribution in [2.45, 2.75) is 27.2 Å². The molecular weight excluding hydrogens is 176 g/mol. The topological polar surface area (TPSA) is 44.1 Å². The smallest absolute Gasteiger partial charge is 0.242 e. The van der Waals surface area contributed by atoms with E-state index >= 15 is 0 Å². The highest BCUT2D eigenvalue weighted by Crippen LogP contribution is 2.22. The van der Waals surface area contributed by atoms with Crippen molar-refractivity contribution < 1.29 is 4.79 Å². The molecule has 1 unspecified atom stereocenters. The van der Waals surface area contributed by atoms with E-state index in [1.807, 2.05) is 13.8 Å². The van der Waals surface area contributed by atoms with Crippen LogP contribution in [0.15, 0.2) is 12.2 Å². The average molecular weight is 194 g/mol. The van der Waals surface area contributed by atoms with Gasteiger partial charge in [-0.2, -0.15) is 5.26 Å². The number of nitriles is 1. The maximum Gasteiger partial charge on any atom is 0.242 e. The first-order valence-corrected chi connectivity index (χ1v) is 4.68. The third-order valence-corrected chi connectivity index (χ3v) is 2.28. The third-order valence-electron chi connectivity index (χ3n) is 2.28. The van der Waals surface area contributed by atoms with Gasteiger partial charge in [0.25, 0.3) is 0 Å². The molecule has 1 amide bonds. The number of likely N-dealkylation sites (N-methyl/N-ethyl adjacent to an activating group) is 1. The van der Waals surface area contributed by atoms with E-state index in [0.29, 0.717) is 13.0 Å². The van der Waals surface area contributed by atoms with Gasteiger partial charge in [-0.15, -0.1) is 0 Å². The van der Waals surface area contributed by atoms with Crippen molar-refractivity contribution in [1.82, 2.24) is 4.90 Å². The Hall–Kier alpha value is -1.30. The van der Waals surface area contributed by atoms with Gasteiger partial charge in [-0.25, -0.2) is 0 Å². The molecule has 3 nitrogen and oxygen atoms in total. The molecule has 0 N–H and O–H groups in total. The lowest BCUT2D eigenvalue weighted by Gasteiger charge is -2.26. The zero-order valence-electron chi connectivity index (χ0n) is 9.42. The number of carbonyl (C=O) groups excluding carboxylic acids is 1. The molecule has 0 rings (SSSR count). The number of rotatable bonds is 4. The lowest BCUT2D eigenvalue weighted by atomic mass is 9.88. The first-order valence-electron chi connectivity index (χ1n) is 4.68. The Balaban J connectivity index is 4.61. The fourth-order valence-electron chi connectivity index (χ4n) is 1.18. The van der Waals surface area contributed by atoms with E-state index in [9.17, 15) is 4.79 Å². The van der Waals surface area contributed by atoms with Crippen LogP contribution in [0.25, 0.3) is 0 Å². The van der Waals surface area contributed by atoms with Crippen molar-refractivity contribution in [2.75, 3.05) is 13.6 Å². The van der Waals surface area contributed by atoms with Gasteiger partial charge in [0.2, 0.25) is 5.91 Å². The molecule has 14 heavy (non-hydrogen) atoms. The highest BCUT2D eigenvalue weighted by Gasteiger charge is 2.33. The van der Waals surface area contributed by atoms with Crippen LogP contribution in [0.1, 0.15) is 27.2 Å². The van der Waals surface area contributed by atoms with Crippen LogP contribution in [0.3, 0.4) is 0 Å². The minimum absolute atomic E-state index is 0.134. The summed E-state index contributed by atoms with van der Waals surface area (Å²) in [6.07, 6.45) is 0.531. The van der Waals surface area contributed by atoms with Crippen molar-refractivity contribution in [1.29, 1.82) is 5.26 Å². The summed E-state index contributed by atoms with van der Waals surface area (Å²) in [5.74, 6) is -0.134. The van der Waals surface area contributed by atoms with Gasteiger partial charge in [0.05, 0.1) is 6.07 Å². The predicted octanol–water partition coefficient (Wildman–Crippen LogP) is 1.96. The van der Waals surface area contributed by atoms with Crippen LogP contribution in [-0.2, 0) is 4.79 Å². The summed E-state index contributed by atoms with van der Waals surface area (Å²) in [6.45, 7) is 9.62. The minimum atomic E-state index is -0.899. The van der Waals surface area contributed by atoms with E-state index in [1.165, 1.54) is 0 Å². The molecular formula is C11H18N2O. The quantitative estimate of drug-likeness (QED) is 0.642.